The zero-order valence-electron chi connectivity index (χ0n) is 20.6. The summed E-state index contributed by atoms with van der Waals surface area (Å²) in [6.07, 6.45) is 12.6. The fraction of sp³-hybridized carbons (Fsp3) is 0.586. The minimum Gasteiger partial charge on any atom is -0.429 e. The second-order valence-electron chi connectivity index (χ2n) is 9.92. The van der Waals surface area contributed by atoms with E-state index in [-0.39, 0.29) is 0 Å². The Bertz CT molecular complexity index is 881. The molecule has 0 radical (unpaired) electrons. The first-order valence-electron chi connectivity index (χ1n) is 13.1. The molecule has 1 saturated carbocycles. The van der Waals surface area contributed by atoms with Crippen molar-refractivity contribution < 1.29 is 26.7 Å². The van der Waals surface area contributed by atoms with E-state index in [1.807, 2.05) is 0 Å². The highest BCUT2D eigenvalue weighted by Gasteiger charge is 2.35. The lowest BCUT2D eigenvalue weighted by atomic mass is 9.77. The van der Waals surface area contributed by atoms with Crippen molar-refractivity contribution in [3.8, 4) is 5.75 Å². The monoisotopic (exact) mass is 496 g/mol. The zero-order valence-corrected chi connectivity index (χ0v) is 20.6. The third-order valence-electron chi connectivity index (χ3n) is 7.23. The lowest BCUT2D eigenvalue weighted by molar-refractivity contribution is -0.185. The van der Waals surface area contributed by atoms with E-state index in [0.717, 1.165) is 24.3 Å². The van der Waals surface area contributed by atoms with Gasteiger partial charge in [-0.05, 0) is 55.2 Å². The van der Waals surface area contributed by atoms with Crippen LogP contribution in [0.25, 0.3) is 0 Å². The minimum atomic E-state index is -3.80. The van der Waals surface area contributed by atoms with Crippen LogP contribution in [0.1, 0.15) is 107 Å². The van der Waals surface area contributed by atoms with Crippen LogP contribution in [0, 0.1) is 23.4 Å². The van der Waals surface area contributed by atoms with Crippen molar-refractivity contribution in [1.82, 2.24) is 0 Å². The topological polar surface area (TPSA) is 9.23 Å². The van der Waals surface area contributed by atoms with Crippen LogP contribution in [0.2, 0.25) is 0 Å². The summed E-state index contributed by atoms with van der Waals surface area (Å²) in [5, 5.41) is 0. The molecule has 1 fully saturated rings. The summed E-state index contributed by atoms with van der Waals surface area (Å²) in [6, 6.07) is 6.76. The van der Waals surface area contributed by atoms with Gasteiger partial charge in [0.15, 0.2) is 17.5 Å². The number of hydrogen-bond acceptors (Lipinski definition) is 1. The van der Waals surface area contributed by atoms with E-state index in [2.05, 4.69) is 11.7 Å². The van der Waals surface area contributed by atoms with Crippen molar-refractivity contribution in [3.63, 3.8) is 0 Å². The van der Waals surface area contributed by atoms with Gasteiger partial charge in [-0.1, -0.05) is 76.8 Å². The normalized spacial score (nSPS) is 18.6. The molecule has 0 spiro atoms. The van der Waals surface area contributed by atoms with Crippen molar-refractivity contribution in [2.75, 3.05) is 0 Å². The van der Waals surface area contributed by atoms with Gasteiger partial charge in [0.05, 0.1) is 5.56 Å². The largest absolute Gasteiger partial charge is 0.429 e. The Labute approximate surface area is 206 Å². The third-order valence-corrected chi connectivity index (χ3v) is 7.23. The highest BCUT2D eigenvalue weighted by molar-refractivity contribution is 5.30. The smallest absolute Gasteiger partial charge is 0.426 e. The molecule has 0 bridgehead atoms. The van der Waals surface area contributed by atoms with E-state index in [0.29, 0.717) is 18.1 Å². The Morgan fingerprint density at radius 2 is 1.31 bits per heavy atom. The van der Waals surface area contributed by atoms with Gasteiger partial charge in [-0.3, -0.25) is 0 Å². The average Bonchev–Trinajstić information content (AvgIpc) is 2.84. The van der Waals surface area contributed by atoms with E-state index < -0.39 is 34.9 Å². The number of hydrogen-bond donors (Lipinski definition) is 0. The Hall–Kier alpha value is -2.11. The van der Waals surface area contributed by atoms with Gasteiger partial charge in [0.1, 0.15) is 5.75 Å². The maximum absolute atomic E-state index is 14.5. The molecule has 35 heavy (non-hydrogen) atoms. The molecule has 1 nitrogen and oxygen atoms in total. The Morgan fingerprint density at radius 1 is 0.771 bits per heavy atom. The second-order valence-corrected chi connectivity index (χ2v) is 9.92. The molecule has 0 heterocycles. The van der Waals surface area contributed by atoms with Gasteiger partial charge in [-0.25, -0.2) is 13.2 Å². The summed E-state index contributed by atoms with van der Waals surface area (Å²) in [5.41, 5.74) is 0.601. The summed E-state index contributed by atoms with van der Waals surface area (Å²) in [6.45, 7) is 2.24. The lowest BCUT2D eigenvalue weighted by Gasteiger charge is -2.29. The molecule has 0 N–H and O–H groups in total. The Morgan fingerprint density at radius 3 is 1.89 bits per heavy atom. The van der Waals surface area contributed by atoms with Crippen LogP contribution in [0.15, 0.2) is 36.4 Å². The molecule has 6 heteroatoms. The molecule has 0 aliphatic heterocycles. The predicted molar refractivity (Wildman–Crippen MR) is 129 cm³/mol. The van der Waals surface area contributed by atoms with Gasteiger partial charge >= 0.3 is 6.11 Å². The number of alkyl halides is 2. The number of rotatable bonds is 13. The van der Waals surface area contributed by atoms with Crippen molar-refractivity contribution >= 4 is 0 Å². The minimum absolute atomic E-state index is 0.355. The molecule has 0 saturated heterocycles. The molecule has 0 aromatic heterocycles. The Kier molecular flexibility index (Phi) is 10.4. The zero-order chi connectivity index (χ0) is 25.3. The first-order chi connectivity index (χ1) is 16.8. The summed E-state index contributed by atoms with van der Waals surface area (Å²) in [4.78, 5) is 0. The molecule has 1 aliphatic rings. The fourth-order valence-corrected chi connectivity index (χ4v) is 5.10. The maximum Gasteiger partial charge on any atom is 0.426 e. The van der Waals surface area contributed by atoms with E-state index in [1.54, 1.807) is 12.1 Å². The third kappa shape index (κ3) is 8.22. The molecule has 2 aromatic carbocycles. The fourth-order valence-electron chi connectivity index (χ4n) is 5.10. The molecule has 0 amide bonds. The average molecular weight is 497 g/mol. The van der Waals surface area contributed by atoms with Crippen LogP contribution in [0.3, 0.4) is 0 Å². The number of ether oxygens (including phenoxy) is 1. The van der Waals surface area contributed by atoms with Gasteiger partial charge in [0.25, 0.3) is 0 Å². The number of unbranched alkanes of at least 4 members (excludes halogenated alkanes) is 7. The molecule has 1 aliphatic carbocycles. The molecular weight excluding hydrogens is 459 g/mol. The molecule has 3 rings (SSSR count). The van der Waals surface area contributed by atoms with Gasteiger partial charge in [0.2, 0.25) is 0 Å². The van der Waals surface area contributed by atoms with Crippen molar-refractivity contribution in [2.45, 2.75) is 102 Å². The van der Waals surface area contributed by atoms with Crippen molar-refractivity contribution in [3.05, 3.63) is 65.0 Å². The standard InChI is InChI=1S/C29H37F5O/c1-2-3-4-5-6-7-8-9-10-21-11-13-22(14-12-21)23-15-17-24(18-16-23)29(33,34)35-25-19-26(30)28(32)27(31)20-25/h15-22H,2-14H2,1H3. The van der Waals surface area contributed by atoms with Gasteiger partial charge in [-0.15, -0.1) is 0 Å². The first-order valence-corrected chi connectivity index (χ1v) is 13.1. The quantitative estimate of drug-likeness (QED) is 0.152. The molecular formula is C29H37F5O. The predicted octanol–water partition coefficient (Wildman–Crippen LogP) is 10.0. The van der Waals surface area contributed by atoms with Gasteiger partial charge in [-0.2, -0.15) is 8.78 Å². The molecule has 0 atom stereocenters. The van der Waals surface area contributed by atoms with Gasteiger partial charge in [0, 0.05) is 12.1 Å². The maximum atomic E-state index is 14.5. The molecule has 2 aromatic rings. The van der Waals surface area contributed by atoms with E-state index in [9.17, 15) is 22.0 Å². The molecule has 0 unspecified atom stereocenters. The second kappa shape index (κ2) is 13.3. The first kappa shape index (κ1) is 27.5. The van der Waals surface area contributed by atoms with E-state index in [4.69, 9.17) is 0 Å². The summed E-state index contributed by atoms with van der Waals surface area (Å²) in [5.74, 6) is -4.54. The van der Waals surface area contributed by atoms with E-state index >= 15 is 0 Å². The highest BCUT2D eigenvalue weighted by atomic mass is 19.3. The SMILES string of the molecule is CCCCCCCCCCC1CCC(c2ccc(C(F)(F)Oc3cc(F)c(F)c(F)c3)cc2)CC1. The van der Waals surface area contributed by atoms with Crippen LogP contribution >= 0.6 is 0 Å². The van der Waals surface area contributed by atoms with Crippen molar-refractivity contribution in [2.24, 2.45) is 5.92 Å². The van der Waals surface area contributed by atoms with Crippen LogP contribution in [0.4, 0.5) is 22.0 Å². The lowest BCUT2D eigenvalue weighted by Crippen LogP contribution is -2.22. The Balaban J connectivity index is 1.43. The summed E-state index contributed by atoms with van der Waals surface area (Å²) < 4.78 is 73.2. The van der Waals surface area contributed by atoms with Crippen LogP contribution in [-0.2, 0) is 6.11 Å². The molecule has 194 valence electrons. The highest BCUT2D eigenvalue weighted by Crippen LogP contribution is 2.39. The number of halogens is 5. The van der Waals surface area contributed by atoms with Crippen LogP contribution in [0.5, 0.6) is 5.75 Å². The number of benzene rings is 2. The summed E-state index contributed by atoms with van der Waals surface area (Å²) >= 11 is 0. The van der Waals surface area contributed by atoms with Crippen molar-refractivity contribution in [1.29, 1.82) is 0 Å². The van der Waals surface area contributed by atoms with Crippen LogP contribution < -0.4 is 4.74 Å². The van der Waals surface area contributed by atoms with Gasteiger partial charge < -0.3 is 4.74 Å². The summed E-state index contributed by atoms with van der Waals surface area (Å²) in [7, 11) is 0. The van der Waals surface area contributed by atoms with Crippen LogP contribution in [-0.4, -0.2) is 0 Å². The van der Waals surface area contributed by atoms with E-state index in [1.165, 1.54) is 82.8 Å².